The van der Waals surface area contributed by atoms with Crippen molar-refractivity contribution in [1.29, 1.82) is 0 Å². The Bertz CT molecular complexity index is 519. The van der Waals surface area contributed by atoms with E-state index in [-0.39, 0.29) is 17.5 Å². The van der Waals surface area contributed by atoms with Gasteiger partial charge in [0.05, 0.1) is 12.9 Å². The average Bonchev–Trinajstić information content (AvgIpc) is 2.56. The van der Waals surface area contributed by atoms with Crippen molar-refractivity contribution in [2.24, 2.45) is 0 Å². The second-order valence-electron chi connectivity index (χ2n) is 5.68. The standard InChI is InChI=1S/C17H25FN2O2S/c1-3-10-23-13-17(21)20-8-6-19(7-9-20)12-14-4-5-16(22-2)15(18)11-14/h4-5,11H,3,6-10,12-13H2,1-2H3. The van der Waals surface area contributed by atoms with Gasteiger partial charge < -0.3 is 9.64 Å². The second kappa shape index (κ2) is 9.13. The number of hydrogen-bond acceptors (Lipinski definition) is 4. The first-order valence-electron chi connectivity index (χ1n) is 8.04. The SMILES string of the molecule is CCCSCC(=O)N1CCN(Cc2ccc(OC)c(F)c2)CC1. The number of hydrogen-bond donors (Lipinski definition) is 0. The van der Waals surface area contributed by atoms with Crippen molar-refractivity contribution in [3.63, 3.8) is 0 Å². The van der Waals surface area contributed by atoms with E-state index in [0.29, 0.717) is 12.3 Å². The molecule has 0 aromatic heterocycles. The normalized spacial score (nSPS) is 15.7. The maximum absolute atomic E-state index is 13.7. The van der Waals surface area contributed by atoms with Gasteiger partial charge in [-0.1, -0.05) is 13.0 Å². The summed E-state index contributed by atoms with van der Waals surface area (Å²) >= 11 is 1.71. The Morgan fingerprint density at radius 3 is 2.65 bits per heavy atom. The van der Waals surface area contributed by atoms with Crippen LogP contribution < -0.4 is 4.74 Å². The third-order valence-corrected chi connectivity index (χ3v) is 5.07. The number of halogens is 1. The van der Waals surface area contributed by atoms with Crippen LogP contribution in [0.5, 0.6) is 5.75 Å². The van der Waals surface area contributed by atoms with E-state index >= 15 is 0 Å². The van der Waals surface area contributed by atoms with Crippen LogP contribution in [0.2, 0.25) is 0 Å². The fraction of sp³-hybridized carbons (Fsp3) is 0.588. The molecule has 4 nitrogen and oxygen atoms in total. The van der Waals surface area contributed by atoms with Crippen LogP contribution in [0, 0.1) is 5.82 Å². The predicted molar refractivity (Wildman–Crippen MR) is 92.4 cm³/mol. The first-order valence-corrected chi connectivity index (χ1v) is 9.19. The molecule has 0 aliphatic carbocycles. The Hall–Kier alpha value is -1.27. The molecule has 23 heavy (non-hydrogen) atoms. The number of ether oxygens (including phenoxy) is 1. The maximum Gasteiger partial charge on any atom is 0.232 e. The van der Waals surface area contributed by atoms with Crippen LogP contribution in [0.3, 0.4) is 0 Å². The third-order valence-electron chi connectivity index (χ3n) is 3.92. The minimum atomic E-state index is -0.327. The predicted octanol–water partition coefficient (Wildman–Crippen LogP) is 2.62. The van der Waals surface area contributed by atoms with Gasteiger partial charge in [-0.25, -0.2) is 4.39 Å². The zero-order chi connectivity index (χ0) is 16.7. The van der Waals surface area contributed by atoms with Crippen LogP contribution in [-0.4, -0.2) is 60.5 Å². The summed E-state index contributed by atoms with van der Waals surface area (Å²) in [5, 5.41) is 0. The topological polar surface area (TPSA) is 32.8 Å². The van der Waals surface area contributed by atoms with Crippen molar-refractivity contribution >= 4 is 17.7 Å². The molecule has 2 rings (SSSR count). The Morgan fingerprint density at radius 2 is 2.04 bits per heavy atom. The van der Waals surface area contributed by atoms with Gasteiger partial charge in [-0.15, -0.1) is 0 Å². The van der Waals surface area contributed by atoms with Crippen molar-refractivity contribution in [2.45, 2.75) is 19.9 Å². The Balaban J connectivity index is 1.78. The van der Waals surface area contributed by atoms with Crippen LogP contribution in [0.4, 0.5) is 4.39 Å². The summed E-state index contributed by atoms with van der Waals surface area (Å²) in [6, 6.07) is 5.08. The molecule has 1 heterocycles. The molecule has 1 saturated heterocycles. The number of carbonyl (C=O) groups is 1. The summed E-state index contributed by atoms with van der Waals surface area (Å²) in [5.74, 6) is 1.80. The highest BCUT2D eigenvalue weighted by molar-refractivity contribution is 7.99. The third kappa shape index (κ3) is 5.39. The summed E-state index contributed by atoms with van der Waals surface area (Å²) in [6.45, 7) is 6.00. The molecule has 0 unspecified atom stereocenters. The molecule has 128 valence electrons. The molecule has 1 fully saturated rings. The number of benzene rings is 1. The van der Waals surface area contributed by atoms with Crippen molar-refractivity contribution in [3.8, 4) is 5.75 Å². The quantitative estimate of drug-likeness (QED) is 0.715. The van der Waals surface area contributed by atoms with Crippen LogP contribution in [0.1, 0.15) is 18.9 Å². The zero-order valence-corrected chi connectivity index (χ0v) is 14.7. The number of rotatable bonds is 7. The van der Waals surface area contributed by atoms with E-state index < -0.39 is 0 Å². The minimum Gasteiger partial charge on any atom is -0.494 e. The lowest BCUT2D eigenvalue weighted by molar-refractivity contribution is -0.130. The van der Waals surface area contributed by atoms with E-state index in [9.17, 15) is 9.18 Å². The molecule has 1 aliphatic heterocycles. The van der Waals surface area contributed by atoms with Gasteiger partial charge in [-0.2, -0.15) is 11.8 Å². The van der Waals surface area contributed by atoms with E-state index in [2.05, 4.69) is 11.8 Å². The van der Waals surface area contributed by atoms with Gasteiger partial charge in [-0.3, -0.25) is 9.69 Å². The molecule has 0 saturated carbocycles. The second-order valence-corrected chi connectivity index (χ2v) is 6.78. The number of piperazine rings is 1. The highest BCUT2D eigenvalue weighted by Gasteiger charge is 2.21. The maximum atomic E-state index is 13.7. The molecule has 6 heteroatoms. The number of carbonyl (C=O) groups excluding carboxylic acids is 1. The van der Waals surface area contributed by atoms with Crippen LogP contribution in [0.15, 0.2) is 18.2 Å². The van der Waals surface area contributed by atoms with E-state index in [1.54, 1.807) is 17.8 Å². The molecular weight excluding hydrogens is 315 g/mol. The van der Waals surface area contributed by atoms with Crippen molar-refractivity contribution in [3.05, 3.63) is 29.6 Å². The summed E-state index contributed by atoms with van der Waals surface area (Å²) in [4.78, 5) is 16.3. The number of nitrogens with zero attached hydrogens (tertiary/aromatic N) is 2. The Kier molecular flexibility index (Phi) is 7.17. The van der Waals surface area contributed by atoms with Gasteiger partial charge in [0.15, 0.2) is 11.6 Å². The highest BCUT2D eigenvalue weighted by atomic mass is 32.2. The van der Waals surface area contributed by atoms with Crippen molar-refractivity contribution < 1.29 is 13.9 Å². The largest absolute Gasteiger partial charge is 0.494 e. The summed E-state index contributed by atoms with van der Waals surface area (Å²) in [7, 11) is 1.47. The smallest absolute Gasteiger partial charge is 0.232 e. The lowest BCUT2D eigenvalue weighted by atomic mass is 10.2. The van der Waals surface area contributed by atoms with Gasteiger partial charge in [0.2, 0.25) is 5.91 Å². The van der Waals surface area contributed by atoms with Crippen molar-refractivity contribution in [2.75, 3.05) is 44.8 Å². The van der Waals surface area contributed by atoms with E-state index in [0.717, 1.165) is 43.9 Å². The van der Waals surface area contributed by atoms with Crippen LogP contribution in [0.25, 0.3) is 0 Å². The number of methoxy groups -OCH3 is 1. The van der Waals surface area contributed by atoms with Gasteiger partial charge in [-0.05, 0) is 29.9 Å². The first-order chi connectivity index (χ1) is 11.1. The molecule has 1 aromatic carbocycles. The van der Waals surface area contributed by atoms with Crippen molar-refractivity contribution in [1.82, 2.24) is 9.80 Å². The van der Waals surface area contributed by atoms with E-state index in [4.69, 9.17) is 4.74 Å². The molecule has 0 spiro atoms. The fourth-order valence-corrected chi connectivity index (χ4v) is 3.41. The Morgan fingerprint density at radius 1 is 1.30 bits per heavy atom. The zero-order valence-electron chi connectivity index (χ0n) is 13.9. The number of thioether (sulfide) groups is 1. The summed E-state index contributed by atoms with van der Waals surface area (Å²) in [5.41, 5.74) is 0.932. The van der Waals surface area contributed by atoms with Gasteiger partial charge >= 0.3 is 0 Å². The van der Waals surface area contributed by atoms with E-state index in [1.165, 1.54) is 13.2 Å². The molecule has 0 bridgehead atoms. The van der Waals surface area contributed by atoms with Crippen LogP contribution in [-0.2, 0) is 11.3 Å². The van der Waals surface area contributed by atoms with Gasteiger partial charge in [0.1, 0.15) is 0 Å². The highest BCUT2D eigenvalue weighted by Crippen LogP contribution is 2.19. The van der Waals surface area contributed by atoms with Crippen LogP contribution >= 0.6 is 11.8 Å². The monoisotopic (exact) mass is 340 g/mol. The molecule has 0 N–H and O–H groups in total. The molecule has 1 aromatic rings. The summed E-state index contributed by atoms with van der Waals surface area (Å²) < 4.78 is 18.7. The fourth-order valence-electron chi connectivity index (χ4n) is 2.62. The average molecular weight is 340 g/mol. The Labute approximate surface area is 142 Å². The number of amides is 1. The molecule has 1 amide bonds. The van der Waals surface area contributed by atoms with Gasteiger partial charge in [0, 0.05) is 32.7 Å². The van der Waals surface area contributed by atoms with E-state index in [1.807, 2.05) is 11.0 Å². The molecular formula is C17H25FN2O2S. The lowest BCUT2D eigenvalue weighted by Gasteiger charge is -2.34. The summed E-state index contributed by atoms with van der Waals surface area (Å²) in [6.07, 6.45) is 1.10. The van der Waals surface area contributed by atoms with Gasteiger partial charge in [0.25, 0.3) is 0 Å². The first kappa shape index (κ1) is 18.1. The molecule has 1 aliphatic rings. The lowest BCUT2D eigenvalue weighted by Crippen LogP contribution is -2.48. The molecule has 0 atom stereocenters. The minimum absolute atomic E-state index is 0.235. The molecule has 0 radical (unpaired) electrons.